The largest absolute Gasteiger partial charge is 0.480 e. The van der Waals surface area contributed by atoms with Crippen LogP contribution < -0.4 is 5.32 Å². The quantitative estimate of drug-likeness (QED) is 0.875. The van der Waals surface area contributed by atoms with Gasteiger partial charge in [-0.05, 0) is 18.1 Å². The topological polar surface area (TPSA) is 92.2 Å². The van der Waals surface area contributed by atoms with E-state index >= 15 is 0 Å². The molecule has 2 rings (SSSR count). The number of nitrogens with one attached hydrogen (secondary N) is 1. The van der Waals surface area contributed by atoms with Crippen molar-refractivity contribution in [3.05, 3.63) is 36.2 Å². The second-order valence-electron chi connectivity index (χ2n) is 4.90. The second-order valence-corrected chi connectivity index (χ2v) is 4.90. The number of carbonyl (C=O) groups is 2. The van der Waals surface area contributed by atoms with Gasteiger partial charge in [-0.3, -0.25) is 14.8 Å². The first-order valence-corrected chi connectivity index (χ1v) is 6.78. The van der Waals surface area contributed by atoms with E-state index < -0.39 is 17.9 Å². The van der Waals surface area contributed by atoms with Crippen molar-refractivity contribution in [2.24, 2.45) is 5.92 Å². The van der Waals surface area contributed by atoms with E-state index in [2.05, 4.69) is 15.3 Å². The van der Waals surface area contributed by atoms with Gasteiger partial charge in [0.25, 0.3) is 5.91 Å². The molecule has 0 aliphatic rings. The molecule has 2 atom stereocenters. The molecule has 0 saturated carbocycles. The minimum Gasteiger partial charge on any atom is -0.480 e. The van der Waals surface area contributed by atoms with Gasteiger partial charge in [-0.2, -0.15) is 0 Å². The lowest BCUT2D eigenvalue weighted by molar-refractivity contribution is -0.140. The smallest absolute Gasteiger partial charge is 0.326 e. The lowest BCUT2D eigenvalue weighted by atomic mass is 9.99. The number of amides is 1. The zero-order valence-corrected chi connectivity index (χ0v) is 11.9. The standard InChI is InChI=1S/C15H17N3O3/c1-3-9(2)12(15(20)21)18-14(19)10-5-4-6-11-13(10)17-8-7-16-11/h4-9,12H,3H2,1-2H3,(H,18,19)(H,20,21)/t9?,12-/m0/s1. The maximum atomic E-state index is 12.4. The molecule has 0 aliphatic carbocycles. The van der Waals surface area contributed by atoms with Crippen molar-refractivity contribution in [2.45, 2.75) is 26.3 Å². The van der Waals surface area contributed by atoms with Crippen LogP contribution in [0.4, 0.5) is 0 Å². The van der Waals surface area contributed by atoms with Crippen LogP contribution in [0.2, 0.25) is 0 Å². The van der Waals surface area contributed by atoms with Gasteiger partial charge in [0, 0.05) is 12.4 Å². The molecule has 1 aromatic heterocycles. The Balaban J connectivity index is 2.32. The molecule has 1 aromatic carbocycles. The number of para-hydroxylation sites is 1. The van der Waals surface area contributed by atoms with Crippen molar-refractivity contribution >= 4 is 22.9 Å². The van der Waals surface area contributed by atoms with E-state index in [-0.39, 0.29) is 5.92 Å². The van der Waals surface area contributed by atoms with Crippen LogP contribution in [0.3, 0.4) is 0 Å². The Kier molecular flexibility index (Phi) is 4.47. The van der Waals surface area contributed by atoms with Gasteiger partial charge in [-0.25, -0.2) is 4.79 Å². The van der Waals surface area contributed by atoms with Crippen LogP contribution >= 0.6 is 0 Å². The first-order chi connectivity index (χ1) is 10.0. The van der Waals surface area contributed by atoms with Gasteiger partial charge in [-0.15, -0.1) is 0 Å². The zero-order valence-electron chi connectivity index (χ0n) is 11.9. The summed E-state index contributed by atoms with van der Waals surface area (Å²) in [5.41, 5.74) is 1.39. The first-order valence-electron chi connectivity index (χ1n) is 6.78. The molecule has 6 nitrogen and oxygen atoms in total. The molecular formula is C15H17N3O3. The van der Waals surface area contributed by atoms with Gasteiger partial charge in [0.1, 0.15) is 11.6 Å². The van der Waals surface area contributed by atoms with Crippen LogP contribution in [-0.2, 0) is 4.79 Å². The highest BCUT2D eigenvalue weighted by atomic mass is 16.4. The molecule has 0 aliphatic heterocycles. The Labute approximate surface area is 122 Å². The van der Waals surface area contributed by atoms with Crippen LogP contribution in [-0.4, -0.2) is 33.0 Å². The highest BCUT2D eigenvalue weighted by molar-refractivity contribution is 6.05. The summed E-state index contributed by atoms with van der Waals surface area (Å²) in [6.45, 7) is 3.68. The maximum Gasteiger partial charge on any atom is 0.326 e. The van der Waals surface area contributed by atoms with E-state index in [0.717, 1.165) is 0 Å². The summed E-state index contributed by atoms with van der Waals surface area (Å²) in [6, 6.07) is 4.14. The Morgan fingerprint density at radius 2 is 2.00 bits per heavy atom. The Morgan fingerprint density at radius 1 is 1.29 bits per heavy atom. The number of carboxylic acids is 1. The van der Waals surface area contributed by atoms with Crippen molar-refractivity contribution in [1.29, 1.82) is 0 Å². The average molecular weight is 287 g/mol. The molecule has 1 amide bonds. The second kappa shape index (κ2) is 6.30. The number of hydrogen-bond donors (Lipinski definition) is 2. The van der Waals surface area contributed by atoms with Gasteiger partial charge in [0.2, 0.25) is 0 Å². The van der Waals surface area contributed by atoms with Crippen molar-refractivity contribution in [2.75, 3.05) is 0 Å². The number of carbonyl (C=O) groups excluding carboxylic acids is 1. The van der Waals surface area contributed by atoms with Crippen molar-refractivity contribution in [3.63, 3.8) is 0 Å². The lowest BCUT2D eigenvalue weighted by Gasteiger charge is -2.20. The molecule has 1 heterocycles. The molecule has 0 fully saturated rings. The van der Waals surface area contributed by atoms with Crippen molar-refractivity contribution in [3.8, 4) is 0 Å². The highest BCUT2D eigenvalue weighted by Crippen LogP contribution is 2.15. The molecule has 0 spiro atoms. The molecule has 6 heteroatoms. The molecule has 0 bridgehead atoms. The normalized spacial score (nSPS) is 13.6. The third-order valence-electron chi connectivity index (χ3n) is 3.51. The minimum atomic E-state index is -1.04. The fourth-order valence-corrected chi connectivity index (χ4v) is 2.08. The number of nitrogens with zero attached hydrogens (tertiary/aromatic N) is 2. The van der Waals surface area contributed by atoms with Gasteiger partial charge in [0.15, 0.2) is 0 Å². The van der Waals surface area contributed by atoms with E-state index in [4.69, 9.17) is 0 Å². The maximum absolute atomic E-state index is 12.4. The van der Waals surface area contributed by atoms with Crippen LogP contribution in [0.5, 0.6) is 0 Å². The summed E-state index contributed by atoms with van der Waals surface area (Å²) in [5.74, 6) is -1.65. The SMILES string of the molecule is CCC(C)[C@H](NC(=O)c1cccc2nccnc12)C(=O)O. The molecule has 1 unspecified atom stereocenters. The molecule has 110 valence electrons. The predicted octanol–water partition coefficient (Wildman–Crippen LogP) is 1.86. The fraction of sp³-hybridized carbons (Fsp3) is 0.333. The third kappa shape index (κ3) is 3.16. The van der Waals surface area contributed by atoms with E-state index in [1.807, 2.05) is 6.92 Å². The molecule has 0 saturated heterocycles. The van der Waals surface area contributed by atoms with E-state index in [1.165, 1.54) is 6.20 Å². The number of aliphatic carboxylic acids is 1. The Bertz CT molecular complexity index is 667. The van der Waals surface area contributed by atoms with Gasteiger partial charge >= 0.3 is 5.97 Å². The van der Waals surface area contributed by atoms with Crippen molar-refractivity contribution in [1.82, 2.24) is 15.3 Å². The van der Waals surface area contributed by atoms with E-state index in [9.17, 15) is 14.7 Å². The number of aromatic nitrogens is 2. The van der Waals surface area contributed by atoms with Crippen LogP contribution in [0.1, 0.15) is 30.6 Å². The Morgan fingerprint density at radius 3 is 2.67 bits per heavy atom. The first kappa shape index (κ1) is 14.9. The van der Waals surface area contributed by atoms with Crippen molar-refractivity contribution < 1.29 is 14.7 Å². The molecule has 2 aromatic rings. The summed E-state index contributed by atoms with van der Waals surface area (Å²) in [5, 5.41) is 11.8. The summed E-state index contributed by atoms with van der Waals surface area (Å²) in [6.07, 6.45) is 3.71. The average Bonchev–Trinajstić information content (AvgIpc) is 2.50. The van der Waals surface area contributed by atoms with Crippen LogP contribution in [0.15, 0.2) is 30.6 Å². The number of fused-ring (bicyclic) bond motifs is 1. The number of carboxylic acid groups (broad SMARTS) is 1. The van der Waals surface area contributed by atoms with Gasteiger partial charge < -0.3 is 10.4 Å². The summed E-state index contributed by atoms with van der Waals surface area (Å²) in [4.78, 5) is 31.9. The van der Waals surface area contributed by atoms with Crippen LogP contribution in [0.25, 0.3) is 11.0 Å². The van der Waals surface area contributed by atoms with Crippen LogP contribution in [0, 0.1) is 5.92 Å². The van der Waals surface area contributed by atoms with E-state index in [0.29, 0.717) is 23.0 Å². The summed E-state index contributed by atoms with van der Waals surface area (Å²) < 4.78 is 0. The highest BCUT2D eigenvalue weighted by Gasteiger charge is 2.26. The van der Waals surface area contributed by atoms with Gasteiger partial charge in [0.05, 0.1) is 11.1 Å². The lowest BCUT2D eigenvalue weighted by Crippen LogP contribution is -2.45. The van der Waals surface area contributed by atoms with E-state index in [1.54, 1.807) is 31.3 Å². The monoisotopic (exact) mass is 287 g/mol. The summed E-state index contributed by atoms with van der Waals surface area (Å²) in [7, 11) is 0. The molecule has 21 heavy (non-hydrogen) atoms. The predicted molar refractivity (Wildman–Crippen MR) is 77.9 cm³/mol. The molecular weight excluding hydrogens is 270 g/mol. The minimum absolute atomic E-state index is 0.160. The van der Waals surface area contributed by atoms with Gasteiger partial charge in [-0.1, -0.05) is 26.3 Å². The number of benzene rings is 1. The number of rotatable bonds is 5. The zero-order chi connectivity index (χ0) is 15.4. The summed E-state index contributed by atoms with van der Waals surface area (Å²) >= 11 is 0. The number of hydrogen-bond acceptors (Lipinski definition) is 4. The Hall–Kier alpha value is -2.50. The molecule has 2 N–H and O–H groups in total. The molecule has 0 radical (unpaired) electrons. The fourth-order valence-electron chi connectivity index (χ4n) is 2.08. The third-order valence-corrected chi connectivity index (χ3v) is 3.51.